The number of nitrogens with one attached hydrogen (secondary N) is 1. The molecule has 1 unspecified atom stereocenters. The molecule has 1 N–H and O–H groups in total. The van der Waals surface area contributed by atoms with Gasteiger partial charge in [0.05, 0.1) is 21.1 Å². The van der Waals surface area contributed by atoms with Gasteiger partial charge in [-0.05, 0) is 42.3 Å². The van der Waals surface area contributed by atoms with Crippen molar-refractivity contribution in [3.05, 3.63) is 62.8 Å². The minimum Gasteiger partial charge on any atom is -0.378 e. The van der Waals surface area contributed by atoms with E-state index in [-0.39, 0.29) is 11.1 Å². The lowest BCUT2D eigenvalue weighted by atomic mass is 10.0. The van der Waals surface area contributed by atoms with Crippen molar-refractivity contribution in [2.75, 3.05) is 5.32 Å². The first-order chi connectivity index (χ1) is 9.51. The van der Waals surface area contributed by atoms with Gasteiger partial charge in [0, 0.05) is 5.69 Å². The Balaban J connectivity index is 2.23. The largest absolute Gasteiger partial charge is 0.378 e. The van der Waals surface area contributed by atoms with Crippen molar-refractivity contribution >= 4 is 40.5 Å². The molecule has 0 bridgehead atoms. The molecule has 1 nitrogen and oxygen atoms in total. The smallest absolute Gasteiger partial charge is 0.141 e. The second kappa shape index (κ2) is 6.66. The molecule has 106 valence electrons. The molecule has 0 aliphatic heterocycles. The zero-order chi connectivity index (χ0) is 14.7. The van der Waals surface area contributed by atoms with Gasteiger partial charge in [-0.1, -0.05) is 47.8 Å². The third kappa shape index (κ3) is 3.57. The van der Waals surface area contributed by atoms with Crippen molar-refractivity contribution in [2.24, 2.45) is 0 Å². The fourth-order valence-corrected chi connectivity index (χ4v) is 2.42. The van der Waals surface area contributed by atoms with Crippen LogP contribution < -0.4 is 5.32 Å². The molecule has 0 spiro atoms. The van der Waals surface area contributed by atoms with Crippen LogP contribution in [0.25, 0.3) is 0 Å². The van der Waals surface area contributed by atoms with Crippen molar-refractivity contribution in [1.82, 2.24) is 0 Å². The Morgan fingerprint density at radius 3 is 2.35 bits per heavy atom. The van der Waals surface area contributed by atoms with Crippen molar-refractivity contribution in [3.8, 4) is 0 Å². The van der Waals surface area contributed by atoms with Gasteiger partial charge in [-0.25, -0.2) is 4.39 Å². The van der Waals surface area contributed by atoms with E-state index in [2.05, 4.69) is 5.32 Å². The van der Waals surface area contributed by atoms with Crippen LogP contribution in [0.2, 0.25) is 15.1 Å². The van der Waals surface area contributed by atoms with E-state index in [1.54, 1.807) is 18.2 Å². The van der Waals surface area contributed by atoms with E-state index < -0.39 is 5.82 Å². The summed E-state index contributed by atoms with van der Waals surface area (Å²) in [6.07, 6.45) is 0.840. The Labute approximate surface area is 132 Å². The number of benzene rings is 2. The summed E-state index contributed by atoms with van der Waals surface area (Å²) < 4.78 is 13.1. The molecule has 2 rings (SSSR count). The molecule has 0 saturated carbocycles. The van der Waals surface area contributed by atoms with Gasteiger partial charge in [0.1, 0.15) is 5.82 Å². The monoisotopic (exact) mass is 331 g/mol. The zero-order valence-electron chi connectivity index (χ0n) is 10.8. The lowest BCUT2D eigenvalue weighted by Gasteiger charge is -2.19. The molecule has 0 radical (unpaired) electrons. The van der Waals surface area contributed by atoms with E-state index in [1.807, 2.05) is 19.1 Å². The Bertz CT molecular complexity index is 616. The summed E-state index contributed by atoms with van der Waals surface area (Å²) in [6.45, 7) is 2.05. The van der Waals surface area contributed by atoms with Crippen LogP contribution >= 0.6 is 34.8 Å². The summed E-state index contributed by atoms with van der Waals surface area (Å²) in [7, 11) is 0. The molecule has 2 aromatic rings. The lowest BCUT2D eigenvalue weighted by molar-refractivity contribution is 0.628. The summed E-state index contributed by atoms with van der Waals surface area (Å²) in [5.41, 5.74) is 1.77. The predicted molar refractivity (Wildman–Crippen MR) is 84.5 cm³/mol. The SMILES string of the molecule is CCC(Nc1ccc(F)c(Cl)c1)c1ccc(Cl)c(Cl)c1. The Morgan fingerprint density at radius 2 is 1.75 bits per heavy atom. The molecule has 2 aromatic carbocycles. The van der Waals surface area contributed by atoms with Crippen LogP contribution in [0.5, 0.6) is 0 Å². The second-order valence-corrected chi connectivity index (χ2v) is 5.63. The first kappa shape index (κ1) is 15.4. The van der Waals surface area contributed by atoms with Gasteiger partial charge in [-0.2, -0.15) is 0 Å². The Hall–Kier alpha value is -0.960. The third-order valence-corrected chi connectivity index (χ3v) is 4.04. The molecular weight excluding hydrogens is 320 g/mol. The molecule has 0 aliphatic rings. The minimum atomic E-state index is -0.431. The molecule has 0 amide bonds. The van der Waals surface area contributed by atoms with Crippen LogP contribution in [-0.2, 0) is 0 Å². The first-order valence-electron chi connectivity index (χ1n) is 6.17. The summed E-state index contributed by atoms with van der Waals surface area (Å²) in [5.74, 6) is -0.431. The Kier molecular flexibility index (Phi) is 5.14. The van der Waals surface area contributed by atoms with Crippen molar-refractivity contribution in [3.63, 3.8) is 0 Å². The fourth-order valence-electron chi connectivity index (χ4n) is 1.94. The van der Waals surface area contributed by atoms with Crippen molar-refractivity contribution < 1.29 is 4.39 Å². The van der Waals surface area contributed by atoms with E-state index in [0.717, 1.165) is 17.7 Å². The molecule has 5 heteroatoms. The summed E-state index contributed by atoms with van der Waals surface area (Å²) in [4.78, 5) is 0. The lowest BCUT2D eigenvalue weighted by Crippen LogP contribution is -2.09. The number of anilines is 1. The molecule has 20 heavy (non-hydrogen) atoms. The third-order valence-electron chi connectivity index (χ3n) is 3.01. The second-order valence-electron chi connectivity index (χ2n) is 4.41. The quantitative estimate of drug-likeness (QED) is 0.688. The van der Waals surface area contributed by atoms with Gasteiger partial charge in [0.25, 0.3) is 0 Å². The zero-order valence-corrected chi connectivity index (χ0v) is 13.0. The minimum absolute atomic E-state index is 0.0475. The first-order valence-corrected chi connectivity index (χ1v) is 7.31. The highest BCUT2D eigenvalue weighted by Gasteiger charge is 2.11. The summed E-state index contributed by atoms with van der Waals surface area (Å²) in [5, 5.41) is 4.44. The predicted octanol–water partition coefficient (Wildman–Crippen LogP) is 6.35. The van der Waals surface area contributed by atoms with Crippen LogP contribution in [-0.4, -0.2) is 0 Å². The van der Waals surface area contributed by atoms with E-state index in [0.29, 0.717) is 10.0 Å². The van der Waals surface area contributed by atoms with E-state index in [4.69, 9.17) is 34.8 Å². The van der Waals surface area contributed by atoms with Gasteiger partial charge in [0.2, 0.25) is 0 Å². The molecule has 0 fully saturated rings. The van der Waals surface area contributed by atoms with Gasteiger partial charge < -0.3 is 5.32 Å². The van der Waals surface area contributed by atoms with Gasteiger partial charge in [-0.3, -0.25) is 0 Å². The topological polar surface area (TPSA) is 12.0 Å². The van der Waals surface area contributed by atoms with Crippen molar-refractivity contribution in [2.45, 2.75) is 19.4 Å². The van der Waals surface area contributed by atoms with E-state index >= 15 is 0 Å². The molecule has 0 saturated heterocycles. The molecule has 0 aliphatic carbocycles. The summed E-state index contributed by atoms with van der Waals surface area (Å²) >= 11 is 17.7. The maximum atomic E-state index is 13.1. The Morgan fingerprint density at radius 1 is 1.00 bits per heavy atom. The van der Waals surface area contributed by atoms with E-state index in [1.165, 1.54) is 6.07 Å². The number of hydrogen-bond donors (Lipinski definition) is 1. The van der Waals surface area contributed by atoms with Crippen LogP contribution in [0.3, 0.4) is 0 Å². The molecule has 0 heterocycles. The highest BCUT2D eigenvalue weighted by Crippen LogP contribution is 2.30. The highest BCUT2D eigenvalue weighted by atomic mass is 35.5. The maximum absolute atomic E-state index is 13.1. The van der Waals surface area contributed by atoms with Gasteiger partial charge in [0.15, 0.2) is 0 Å². The average Bonchev–Trinajstić information content (AvgIpc) is 2.43. The van der Waals surface area contributed by atoms with Crippen LogP contribution in [0, 0.1) is 5.82 Å². The summed E-state index contributed by atoms with van der Waals surface area (Å²) in [6, 6.07) is 10.1. The number of hydrogen-bond acceptors (Lipinski definition) is 1. The standard InChI is InChI=1S/C15H13Cl3FN/c1-2-15(9-3-5-11(16)12(17)7-9)20-10-4-6-14(19)13(18)8-10/h3-8,15,20H,2H2,1H3. The van der Waals surface area contributed by atoms with Crippen LogP contribution in [0.4, 0.5) is 10.1 Å². The van der Waals surface area contributed by atoms with Gasteiger partial charge in [-0.15, -0.1) is 0 Å². The van der Waals surface area contributed by atoms with Crippen LogP contribution in [0.1, 0.15) is 24.9 Å². The average molecular weight is 333 g/mol. The van der Waals surface area contributed by atoms with Gasteiger partial charge >= 0.3 is 0 Å². The maximum Gasteiger partial charge on any atom is 0.141 e. The van der Waals surface area contributed by atoms with E-state index in [9.17, 15) is 4.39 Å². The highest BCUT2D eigenvalue weighted by molar-refractivity contribution is 6.42. The van der Waals surface area contributed by atoms with Crippen LogP contribution in [0.15, 0.2) is 36.4 Å². The molecular formula is C15H13Cl3FN. The molecule has 1 atom stereocenters. The fraction of sp³-hybridized carbons (Fsp3) is 0.200. The normalized spacial score (nSPS) is 12.2. The number of halogens is 4. The molecule has 0 aromatic heterocycles. The van der Waals surface area contributed by atoms with Crippen molar-refractivity contribution in [1.29, 1.82) is 0 Å². The number of rotatable bonds is 4.